The van der Waals surface area contributed by atoms with Gasteiger partial charge in [0, 0.05) is 13.0 Å². The molecule has 0 radical (unpaired) electrons. The van der Waals surface area contributed by atoms with E-state index in [1.807, 2.05) is 18.2 Å². The molecule has 3 N–H and O–H groups in total. The Labute approximate surface area is 129 Å². The number of nitrogens with two attached hydrogens (primary N) is 1. The smallest absolute Gasteiger partial charge is 0.220 e. The van der Waals surface area contributed by atoms with Crippen molar-refractivity contribution in [1.82, 2.24) is 5.32 Å². The van der Waals surface area contributed by atoms with Gasteiger partial charge in [0.15, 0.2) is 0 Å². The number of hydrogen-bond acceptors (Lipinski definition) is 2. The zero-order valence-corrected chi connectivity index (χ0v) is 13.2. The van der Waals surface area contributed by atoms with Gasteiger partial charge in [-0.1, -0.05) is 56.0 Å². The molecule has 0 heterocycles. The number of nitrogens with one attached hydrogen (secondary N) is 1. The maximum atomic E-state index is 11.7. The lowest BCUT2D eigenvalue weighted by Crippen LogP contribution is -2.24. The molecule has 118 valence electrons. The first kappa shape index (κ1) is 17.7. The molecular formula is C18H30N2O. The summed E-state index contributed by atoms with van der Waals surface area (Å²) in [6.07, 6.45) is 9.73. The molecule has 0 unspecified atom stereocenters. The average molecular weight is 290 g/mol. The van der Waals surface area contributed by atoms with Crippen LogP contribution in [-0.2, 0) is 11.2 Å². The second-order valence-corrected chi connectivity index (χ2v) is 5.60. The Balaban J connectivity index is 1.90. The molecule has 0 spiro atoms. The van der Waals surface area contributed by atoms with Crippen LogP contribution in [-0.4, -0.2) is 19.0 Å². The standard InChI is InChI=1S/C18H30N2O/c19-15-8-3-1-2-4-9-16-20-18(21)14-10-13-17-11-6-5-7-12-17/h5-7,11-12H,1-4,8-10,13-16,19H2,(H,20,21). The number of carbonyl (C=O) groups is 1. The van der Waals surface area contributed by atoms with Crippen molar-refractivity contribution in [1.29, 1.82) is 0 Å². The Morgan fingerprint density at radius 1 is 0.905 bits per heavy atom. The lowest BCUT2D eigenvalue weighted by Gasteiger charge is -2.05. The zero-order valence-electron chi connectivity index (χ0n) is 13.2. The van der Waals surface area contributed by atoms with E-state index in [4.69, 9.17) is 5.73 Å². The average Bonchev–Trinajstić information content (AvgIpc) is 2.51. The molecule has 0 saturated carbocycles. The number of carbonyl (C=O) groups excluding carboxylic acids is 1. The second-order valence-electron chi connectivity index (χ2n) is 5.60. The Hall–Kier alpha value is -1.35. The summed E-state index contributed by atoms with van der Waals surface area (Å²) in [5.41, 5.74) is 6.76. The number of rotatable bonds is 12. The molecule has 21 heavy (non-hydrogen) atoms. The molecule has 3 nitrogen and oxygen atoms in total. The molecule has 0 aliphatic rings. The van der Waals surface area contributed by atoms with Crippen LogP contribution in [0.5, 0.6) is 0 Å². The van der Waals surface area contributed by atoms with E-state index in [9.17, 15) is 4.79 Å². The minimum Gasteiger partial charge on any atom is -0.356 e. The third-order valence-electron chi connectivity index (χ3n) is 3.67. The molecule has 0 aliphatic heterocycles. The summed E-state index contributed by atoms with van der Waals surface area (Å²) in [6, 6.07) is 10.3. The predicted molar refractivity (Wildman–Crippen MR) is 89.1 cm³/mol. The van der Waals surface area contributed by atoms with Gasteiger partial charge < -0.3 is 11.1 Å². The summed E-state index contributed by atoms with van der Waals surface area (Å²) in [4.78, 5) is 11.7. The highest BCUT2D eigenvalue weighted by Gasteiger charge is 2.01. The lowest BCUT2D eigenvalue weighted by molar-refractivity contribution is -0.121. The maximum absolute atomic E-state index is 11.7. The fourth-order valence-electron chi connectivity index (χ4n) is 2.39. The number of benzene rings is 1. The predicted octanol–water partition coefficient (Wildman–Crippen LogP) is 3.42. The number of hydrogen-bond donors (Lipinski definition) is 2. The van der Waals surface area contributed by atoms with Crippen molar-refractivity contribution in [2.45, 2.75) is 57.8 Å². The van der Waals surface area contributed by atoms with E-state index in [1.165, 1.54) is 31.2 Å². The van der Waals surface area contributed by atoms with Crippen LogP contribution in [0.15, 0.2) is 30.3 Å². The Kier molecular flexibility index (Phi) is 10.4. The third-order valence-corrected chi connectivity index (χ3v) is 3.67. The fourth-order valence-corrected chi connectivity index (χ4v) is 2.39. The molecule has 1 rings (SSSR count). The molecule has 1 aromatic carbocycles. The van der Waals surface area contributed by atoms with Gasteiger partial charge in [-0.15, -0.1) is 0 Å². The number of unbranched alkanes of at least 4 members (excludes halogenated alkanes) is 5. The minimum atomic E-state index is 0.189. The molecule has 0 aromatic heterocycles. The SMILES string of the molecule is NCCCCCCCCNC(=O)CCCc1ccccc1. The highest BCUT2D eigenvalue weighted by molar-refractivity contribution is 5.75. The van der Waals surface area contributed by atoms with Crippen LogP contribution in [0.25, 0.3) is 0 Å². The maximum Gasteiger partial charge on any atom is 0.220 e. The van der Waals surface area contributed by atoms with Gasteiger partial charge in [-0.3, -0.25) is 4.79 Å². The van der Waals surface area contributed by atoms with Gasteiger partial charge in [0.1, 0.15) is 0 Å². The van der Waals surface area contributed by atoms with Crippen LogP contribution in [0.2, 0.25) is 0 Å². The number of amides is 1. The molecule has 0 aliphatic carbocycles. The van der Waals surface area contributed by atoms with E-state index >= 15 is 0 Å². The molecule has 0 saturated heterocycles. The molecule has 1 amide bonds. The summed E-state index contributed by atoms with van der Waals surface area (Å²) in [5, 5.41) is 3.01. The Bertz CT molecular complexity index is 365. The normalized spacial score (nSPS) is 10.5. The van der Waals surface area contributed by atoms with E-state index in [0.717, 1.165) is 38.8 Å². The third kappa shape index (κ3) is 10.1. The van der Waals surface area contributed by atoms with Crippen LogP contribution in [0, 0.1) is 0 Å². The van der Waals surface area contributed by atoms with Crippen LogP contribution in [0.1, 0.15) is 56.9 Å². The van der Waals surface area contributed by atoms with Gasteiger partial charge in [-0.05, 0) is 37.8 Å². The van der Waals surface area contributed by atoms with Crippen LogP contribution in [0.4, 0.5) is 0 Å². The van der Waals surface area contributed by atoms with Crippen molar-refractivity contribution in [2.24, 2.45) is 5.73 Å². The topological polar surface area (TPSA) is 55.1 Å². The van der Waals surface area contributed by atoms with Gasteiger partial charge in [0.05, 0.1) is 0 Å². The molecular weight excluding hydrogens is 260 g/mol. The molecule has 0 fully saturated rings. The first-order valence-corrected chi connectivity index (χ1v) is 8.33. The summed E-state index contributed by atoms with van der Waals surface area (Å²) >= 11 is 0. The van der Waals surface area contributed by atoms with Gasteiger partial charge in [-0.25, -0.2) is 0 Å². The number of aryl methyl sites for hydroxylation is 1. The summed E-state index contributed by atoms with van der Waals surface area (Å²) in [7, 11) is 0. The van der Waals surface area contributed by atoms with E-state index in [2.05, 4.69) is 17.4 Å². The van der Waals surface area contributed by atoms with Gasteiger partial charge in [0.25, 0.3) is 0 Å². The van der Waals surface area contributed by atoms with E-state index in [1.54, 1.807) is 0 Å². The van der Waals surface area contributed by atoms with Crippen molar-refractivity contribution in [2.75, 3.05) is 13.1 Å². The van der Waals surface area contributed by atoms with Crippen LogP contribution in [0.3, 0.4) is 0 Å². The first-order chi connectivity index (χ1) is 10.3. The Morgan fingerprint density at radius 3 is 2.29 bits per heavy atom. The van der Waals surface area contributed by atoms with Crippen LogP contribution >= 0.6 is 0 Å². The van der Waals surface area contributed by atoms with Crippen LogP contribution < -0.4 is 11.1 Å². The van der Waals surface area contributed by atoms with Crippen molar-refractivity contribution in [3.8, 4) is 0 Å². The van der Waals surface area contributed by atoms with Gasteiger partial charge >= 0.3 is 0 Å². The molecule has 0 bridgehead atoms. The van der Waals surface area contributed by atoms with E-state index in [0.29, 0.717) is 6.42 Å². The van der Waals surface area contributed by atoms with Gasteiger partial charge in [-0.2, -0.15) is 0 Å². The lowest BCUT2D eigenvalue weighted by atomic mass is 10.1. The fraction of sp³-hybridized carbons (Fsp3) is 0.611. The Morgan fingerprint density at radius 2 is 1.57 bits per heavy atom. The second kappa shape index (κ2) is 12.4. The largest absolute Gasteiger partial charge is 0.356 e. The van der Waals surface area contributed by atoms with Crippen molar-refractivity contribution in [3.05, 3.63) is 35.9 Å². The van der Waals surface area contributed by atoms with Crippen molar-refractivity contribution < 1.29 is 4.79 Å². The summed E-state index contributed by atoms with van der Waals surface area (Å²) < 4.78 is 0. The van der Waals surface area contributed by atoms with Gasteiger partial charge in [0.2, 0.25) is 5.91 Å². The molecule has 3 heteroatoms. The monoisotopic (exact) mass is 290 g/mol. The first-order valence-electron chi connectivity index (χ1n) is 8.33. The summed E-state index contributed by atoms with van der Waals surface area (Å²) in [5.74, 6) is 0.189. The molecule has 1 aromatic rings. The zero-order chi connectivity index (χ0) is 15.2. The van der Waals surface area contributed by atoms with Crippen molar-refractivity contribution in [3.63, 3.8) is 0 Å². The highest BCUT2D eigenvalue weighted by Crippen LogP contribution is 2.05. The van der Waals surface area contributed by atoms with Crippen molar-refractivity contribution >= 4 is 5.91 Å². The van der Waals surface area contributed by atoms with E-state index < -0.39 is 0 Å². The minimum absolute atomic E-state index is 0.189. The van der Waals surface area contributed by atoms with E-state index in [-0.39, 0.29) is 5.91 Å². The summed E-state index contributed by atoms with van der Waals surface area (Å²) in [6.45, 7) is 1.63. The highest BCUT2D eigenvalue weighted by atomic mass is 16.1. The quantitative estimate of drug-likeness (QED) is 0.579. The molecule has 0 atom stereocenters.